The minimum absolute atomic E-state index is 0.151. The molecule has 0 radical (unpaired) electrons. The predicted molar refractivity (Wildman–Crippen MR) is 59.7 cm³/mol. The van der Waals surface area contributed by atoms with Gasteiger partial charge in [0.15, 0.2) is 0 Å². The van der Waals surface area contributed by atoms with Crippen molar-refractivity contribution in [3.8, 4) is 0 Å². The molecule has 5 N–H and O–H groups in total. The maximum atomic E-state index is 10.8. The third-order valence-corrected chi connectivity index (χ3v) is 2.31. The zero-order valence-electron chi connectivity index (χ0n) is 7.90. The Morgan fingerprint density at radius 3 is 2.47 bits per heavy atom. The van der Waals surface area contributed by atoms with Crippen molar-refractivity contribution in [1.82, 2.24) is 0 Å². The minimum Gasteiger partial charge on any atom is -0.478 e. The van der Waals surface area contributed by atoms with Gasteiger partial charge in [-0.05, 0) is 18.2 Å². The molecule has 0 aliphatic heterocycles. The number of rotatable bonds is 1. The Bertz CT molecular complexity index is 550. The summed E-state index contributed by atoms with van der Waals surface area (Å²) in [5.74, 6) is -1.01. The van der Waals surface area contributed by atoms with Crippen LogP contribution >= 0.6 is 0 Å². The van der Waals surface area contributed by atoms with Crippen molar-refractivity contribution in [2.45, 2.75) is 0 Å². The van der Waals surface area contributed by atoms with E-state index in [-0.39, 0.29) is 5.56 Å². The lowest BCUT2D eigenvalue weighted by atomic mass is 10.0. The molecule has 2 rings (SSSR count). The highest BCUT2D eigenvalue weighted by Crippen LogP contribution is 2.27. The highest BCUT2D eigenvalue weighted by Gasteiger charge is 2.08. The van der Waals surface area contributed by atoms with Gasteiger partial charge >= 0.3 is 5.97 Å². The van der Waals surface area contributed by atoms with Gasteiger partial charge in [0.25, 0.3) is 0 Å². The number of nitrogens with two attached hydrogens (primary N) is 2. The minimum atomic E-state index is -1.01. The number of carbonyl (C=O) groups is 1. The van der Waals surface area contributed by atoms with E-state index in [1.807, 2.05) is 6.07 Å². The van der Waals surface area contributed by atoms with Crippen LogP contribution in [0.15, 0.2) is 30.3 Å². The Labute approximate surface area is 86.1 Å². The number of anilines is 2. The second-order valence-corrected chi connectivity index (χ2v) is 3.31. The fourth-order valence-corrected chi connectivity index (χ4v) is 1.56. The van der Waals surface area contributed by atoms with Gasteiger partial charge in [0.2, 0.25) is 0 Å². The van der Waals surface area contributed by atoms with E-state index in [0.717, 1.165) is 5.39 Å². The van der Waals surface area contributed by atoms with E-state index in [0.29, 0.717) is 16.8 Å². The highest BCUT2D eigenvalue weighted by molar-refractivity contribution is 6.04. The molecule has 0 atom stereocenters. The second kappa shape index (κ2) is 3.16. The normalized spacial score (nSPS) is 10.4. The van der Waals surface area contributed by atoms with Gasteiger partial charge < -0.3 is 16.6 Å². The van der Waals surface area contributed by atoms with Gasteiger partial charge in [0, 0.05) is 22.1 Å². The quantitative estimate of drug-likeness (QED) is 0.614. The fraction of sp³-hybridized carbons (Fsp3) is 0. The van der Waals surface area contributed by atoms with Crippen molar-refractivity contribution in [3.05, 3.63) is 35.9 Å². The van der Waals surface area contributed by atoms with Gasteiger partial charge in [-0.2, -0.15) is 0 Å². The molecule has 2 aromatic rings. The molecule has 0 spiro atoms. The summed E-state index contributed by atoms with van der Waals surface area (Å²) in [6.45, 7) is 0. The summed E-state index contributed by atoms with van der Waals surface area (Å²) in [5, 5.41) is 10.3. The molecule has 0 amide bonds. The van der Waals surface area contributed by atoms with E-state index in [9.17, 15) is 4.79 Å². The summed E-state index contributed by atoms with van der Waals surface area (Å²) < 4.78 is 0. The Morgan fingerprint density at radius 2 is 1.80 bits per heavy atom. The van der Waals surface area contributed by atoms with Crippen LogP contribution in [0.3, 0.4) is 0 Å². The zero-order valence-corrected chi connectivity index (χ0v) is 7.90. The maximum absolute atomic E-state index is 10.8. The number of aromatic carboxylic acids is 1. The lowest BCUT2D eigenvalue weighted by Gasteiger charge is -2.06. The van der Waals surface area contributed by atoms with Gasteiger partial charge in [-0.3, -0.25) is 0 Å². The molecule has 0 heterocycles. The summed E-state index contributed by atoms with van der Waals surface area (Å²) in [6, 6.07) is 8.28. The largest absolute Gasteiger partial charge is 0.478 e. The van der Waals surface area contributed by atoms with Crippen LogP contribution in [0.4, 0.5) is 11.4 Å². The van der Waals surface area contributed by atoms with Crippen molar-refractivity contribution in [2.24, 2.45) is 0 Å². The Balaban J connectivity index is 2.85. The van der Waals surface area contributed by atoms with E-state index in [2.05, 4.69) is 0 Å². The number of carboxylic acids is 1. The number of hydrogen-bond acceptors (Lipinski definition) is 3. The molecular weight excluding hydrogens is 192 g/mol. The van der Waals surface area contributed by atoms with Crippen LogP contribution in [0.5, 0.6) is 0 Å². The summed E-state index contributed by atoms with van der Waals surface area (Å²) >= 11 is 0. The number of benzene rings is 2. The average molecular weight is 202 g/mol. The number of hydrogen-bond donors (Lipinski definition) is 3. The van der Waals surface area contributed by atoms with E-state index in [4.69, 9.17) is 16.6 Å². The zero-order chi connectivity index (χ0) is 11.0. The lowest BCUT2D eigenvalue weighted by Crippen LogP contribution is -1.99. The van der Waals surface area contributed by atoms with Crippen molar-refractivity contribution < 1.29 is 9.90 Å². The van der Waals surface area contributed by atoms with Crippen molar-refractivity contribution in [1.29, 1.82) is 0 Å². The number of carboxylic acid groups (broad SMARTS) is 1. The first-order valence-corrected chi connectivity index (χ1v) is 4.40. The summed E-state index contributed by atoms with van der Waals surface area (Å²) in [7, 11) is 0. The number of fused-ring (bicyclic) bond motifs is 1. The first kappa shape index (κ1) is 9.33. The predicted octanol–water partition coefficient (Wildman–Crippen LogP) is 1.70. The van der Waals surface area contributed by atoms with Crippen molar-refractivity contribution in [3.63, 3.8) is 0 Å². The van der Waals surface area contributed by atoms with Crippen LogP contribution in [-0.2, 0) is 0 Å². The van der Waals surface area contributed by atoms with Gasteiger partial charge in [0.1, 0.15) is 0 Å². The van der Waals surface area contributed by atoms with Crippen LogP contribution in [0.1, 0.15) is 10.4 Å². The maximum Gasteiger partial charge on any atom is 0.335 e. The molecule has 0 aromatic heterocycles. The molecule has 0 unspecified atom stereocenters. The lowest BCUT2D eigenvalue weighted by molar-refractivity contribution is 0.0697. The van der Waals surface area contributed by atoms with Gasteiger partial charge in [-0.25, -0.2) is 4.79 Å². The van der Waals surface area contributed by atoms with E-state index in [1.165, 1.54) is 12.1 Å². The Hall–Kier alpha value is -2.23. The molecule has 0 saturated heterocycles. The summed E-state index contributed by atoms with van der Waals surface area (Å²) in [6.07, 6.45) is 0. The van der Waals surface area contributed by atoms with E-state index < -0.39 is 5.97 Å². The Kier molecular flexibility index (Phi) is 1.97. The van der Waals surface area contributed by atoms with Crippen LogP contribution in [0.25, 0.3) is 10.8 Å². The van der Waals surface area contributed by atoms with E-state index >= 15 is 0 Å². The number of nitrogen functional groups attached to an aromatic ring is 2. The molecule has 4 heteroatoms. The summed E-state index contributed by atoms with van der Waals surface area (Å²) in [5.41, 5.74) is 12.6. The topological polar surface area (TPSA) is 89.3 Å². The fourth-order valence-electron chi connectivity index (χ4n) is 1.56. The molecule has 76 valence electrons. The standard InChI is InChI=1S/C11H10N2O2/c12-9-3-1-2-7-8(9)4-6(11(14)15)5-10(7)13/h1-5H,12-13H2,(H,14,15). The highest BCUT2D eigenvalue weighted by atomic mass is 16.4. The SMILES string of the molecule is Nc1cc(C(=O)O)cc2c(N)cccc12. The molecule has 4 nitrogen and oxygen atoms in total. The molecule has 0 bridgehead atoms. The first-order chi connectivity index (χ1) is 7.09. The summed E-state index contributed by atoms with van der Waals surface area (Å²) in [4.78, 5) is 10.8. The van der Waals surface area contributed by atoms with Gasteiger partial charge in [-0.1, -0.05) is 12.1 Å². The van der Waals surface area contributed by atoms with Crippen molar-refractivity contribution >= 4 is 28.1 Å². The van der Waals surface area contributed by atoms with Crippen LogP contribution in [0.2, 0.25) is 0 Å². The smallest absolute Gasteiger partial charge is 0.335 e. The van der Waals surface area contributed by atoms with Crippen LogP contribution < -0.4 is 11.5 Å². The monoisotopic (exact) mass is 202 g/mol. The molecule has 0 fully saturated rings. The molecule has 15 heavy (non-hydrogen) atoms. The van der Waals surface area contributed by atoms with Crippen LogP contribution in [-0.4, -0.2) is 11.1 Å². The Morgan fingerprint density at radius 1 is 1.07 bits per heavy atom. The van der Waals surface area contributed by atoms with Crippen molar-refractivity contribution in [2.75, 3.05) is 11.5 Å². The molecular formula is C11H10N2O2. The first-order valence-electron chi connectivity index (χ1n) is 4.40. The average Bonchev–Trinajstić information content (AvgIpc) is 2.19. The van der Waals surface area contributed by atoms with Crippen LogP contribution in [0, 0.1) is 0 Å². The van der Waals surface area contributed by atoms with Gasteiger partial charge in [0.05, 0.1) is 5.56 Å². The molecule has 0 aliphatic rings. The molecule has 0 saturated carbocycles. The second-order valence-electron chi connectivity index (χ2n) is 3.31. The molecule has 2 aromatic carbocycles. The van der Waals surface area contributed by atoms with Gasteiger partial charge in [-0.15, -0.1) is 0 Å². The third kappa shape index (κ3) is 1.46. The third-order valence-electron chi connectivity index (χ3n) is 2.31. The molecule has 0 aliphatic carbocycles. The van der Waals surface area contributed by atoms with E-state index in [1.54, 1.807) is 12.1 Å².